The Morgan fingerprint density at radius 3 is 2.00 bits per heavy atom. The van der Waals surface area contributed by atoms with Crippen LogP contribution >= 0.6 is 34.8 Å². The van der Waals surface area contributed by atoms with E-state index in [0.717, 1.165) is 0 Å². The van der Waals surface area contributed by atoms with Gasteiger partial charge in [0, 0.05) is 6.42 Å². The molecule has 0 unspecified atom stereocenters. The van der Waals surface area contributed by atoms with E-state index in [4.69, 9.17) is 54.4 Å². The fourth-order valence-electron chi connectivity index (χ4n) is 5.31. The molecule has 0 amide bonds. The molecular formula is C29H36Cl3NO8Si. The SMILES string of the molecule is CCCC[C@]1(OC(=O)CCC(C)=O)[C@@H](O)[C@H](O)[C@@H](CO)O[C@]1(OC(=N)C(Cl)(Cl)Cl)[SiH](c1ccccc1)c1ccccc1. The van der Waals surface area contributed by atoms with Gasteiger partial charge in [-0.25, -0.2) is 0 Å². The summed E-state index contributed by atoms with van der Waals surface area (Å²) in [7, 11) is -3.17. The second-order valence-corrected chi connectivity index (χ2v) is 15.5. The Labute approximate surface area is 261 Å². The van der Waals surface area contributed by atoms with Crippen molar-refractivity contribution < 1.29 is 39.1 Å². The maximum atomic E-state index is 13.4. The van der Waals surface area contributed by atoms with Crippen molar-refractivity contribution in [2.24, 2.45) is 0 Å². The van der Waals surface area contributed by atoms with Gasteiger partial charge in [-0.2, -0.15) is 0 Å². The molecule has 1 fully saturated rings. The number of alkyl halides is 3. The van der Waals surface area contributed by atoms with Crippen molar-refractivity contribution in [3.8, 4) is 0 Å². The molecule has 1 aliphatic rings. The minimum absolute atomic E-state index is 0.0952. The largest absolute Gasteiger partial charge is 0.449 e. The second kappa shape index (κ2) is 14.6. The number of aliphatic hydroxyl groups is 3. The van der Waals surface area contributed by atoms with Gasteiger partial charge in [0.1, 0.15) is 24.1 Å². The number of carbonyl (C=O) groups is 2. The van der Waals surface area contributed by atoms with E-state index >= 15 is 0 Å². The van der Waals surface area contributed by atoms with Gasteiger partial charge in [-0.1, -0.05) is 119 Å². The molecule has 2 aromatic rings. The number of esters is 1. The summed E-state index contributed by atoms with van der Waals surface area (Å²) in [6.45, 7) is 2.46. The Hall–Kier alpha value is -2.02. The van der Waals surface area contributed by atoms with Crippen LogP contribution < -0.4 is 10.4 Å². The number of unbranched alkanes of at least 4 members (excludes halogenated alkanes) is 1. The molecule has 3 rings (SSSR count). The minimum atomic E-state index is -3.17. The van der Waals surface area contributed by atoms with Crippen LogP contribution in [0.3, 0.4) is 0 Å². The lowest BCUT2D eigenvalue weighted by Gasteiger charge is -2.59. The number of ether oxygens (including phenoxy) is 3. The van der Waals surface area contributed by atoms with Gasteiger partial charge < -0.3 is 34.3 Å². The lowest BCUT2D eigenvalue weighted by Crippen LogP contribution is -2.83. The van der Waals surface area contributed by atoms with Gasteiger partial charge in [-0.05, 0) is 19.8 Å². The van der Waals surface area contributed by atoms with E-state index in [9.17, 15) is 24.9 Å². The van der Waals surface area contributed by atoms with Crippen LogP contribution in [0.5, 0.6) is 0 Å². The van der Waals surface area contributed by atoms with E-state index < -0.39 is 60.4 Å². The van der Waals surface area contributed by atoms with Crippen molar-refractivity contribution in [3.63, 3.8) is 0 Å². The first kappa shape index (κ1) is 34.5. The van der Waals surface area contributed by atoms with E-state index in [-0.39, 0.29) is 25.0 Å². The number of rotatable bonds is 12. The number of hydrogen-bond donors (Lipinski definition) is 4. The standard InChI is InChI=1S/C29H36Cl3NO8Si/c1-3-4-17-27(40-23(36)16-15-19(2)35)25(38)24(37)22(18-34)39-29(27,41-26(33)28(30,31)32)42(20-11-7-5-8-12-20)21-13-9-6-10-14-21/h5-14,22,24-25,33-34,37-38,42H,3-4,15-18H2,1-2H3/t22-,24-,25+,27+,29-/m1/s1. The molecule has 9 nitrogen and oxygen atoms in total. The van der Waals surface area contributed by atoms with Crippen molar-refractivity contribution in [1.82, 2.24) is 0 Å². The molecule has 13 heteroatoms. The molecule has 0 aliphatic carbocycles. The molecule has 4 N–H and O–H groups in total. The average Bonchev–Trinajstić information content (AvgIpc) is 2.96. The third kappa shape index (κ3) is 7.36. The van der Waals surface area contributed by atoms with Crippen molar-refractivity contribution in [2.45, 2.75) is 79.1 Å². The summed E-state index contributed by atoms with van der Waals surface area (Å²) in [5, 5.41) is 43.4. The summed E-state index contributed by atoms with van der Waals surface area (Å²) in [6.07, 6.45) is -4.66. The molecule has 2 aromatic carbocycles. The highest BCUT2D eigenvalue weighted by Crippen LogP contribution is 2.48. The quantitative estimate of drug-likeness (QED) is 0.0894. The Morgan fingerprint density at radius 2 is 1.55 bits per heavy atom. The van der Waals surface area contributed by atoms with E-state index in [1.807, 2.05) is 31.2 Å². The highest BCUT2D eigenvalue weighted by Gasteiger charge is 2.72. The summed E-state index contributed by atoms with van der Waals surface area (Å²) in [4.78, 5) is 25.1. The van der Waals surface area contributed by atoms with Gasteiger partial charge in [0.05, 0.1) is 13.0 Å². The minimum Gasteiger partial charge on any atom is -0.449 e. The third-order valence-electron chi connectivity index (χ3n) is 7.31. The zero-order chi connectivity index (χ0) is 31.1. The maximum Gasteiger partial charge on any atom is 0.307 e. The zero-order valence-corrected chi connectivity index (χ0v) is 26.8. The molecule has 0 radical (unpaired) electrons. The van der Waals surface area contributed by atoms with Gasteiger partial charge in [0.15, 0.2) is 8.80 Å². The number of halogens is 3. The van der Waals surface area contributed by atoms with Crippen LogP contribution in [0.15, 0.2) is 60.7 Å². The first-order valence-electron chi connectivity index (χ1n) is 13.6. The van der Waals surface area contributed by atoms with Crippen LogP contribution in [0.2, 0.25) is 0 Å². The highest BCUT2D eigenvalue weighted by molar-refractivity contribution is 6.87. The monoisotopic (exact) mass is 659 g/mol. The summed E-state index contributed by atoms with van der Waals surface area (Å²) in [5.74, 6) is -1.99. The van der Waals surface area contributed by atoms with Crippen LogP contribution in [0.25, 0.3) is 0 Å². The van der Waals surface area contributed by atoms with Crippen LogP contribution in [0.1, 0.15) is 46.0 Å². The average molecular weight is 661 g/mol. The topological polar surface area (TPSA) is 146 Å². The van der Waals surface area contributed by atoms with E-state index in [2.05, 4.69) is 0 Å². The first-order chi connectivity index (χ1) is 19.8. The van der Waals surface area contributed by atoms with Crippen LogP contribution in [0, 0.1) is 5.41 Å². The number of nitrogens with one attached hydrogen (secondary N) is 1. The normalized spacial score (nSPS) is 26.1. The van der Waals surface area contributed by atoms with Crippen molar-refractivity contribution in [1.29, 1.82) is 5.41 Å². The van der Waals surface area contributed by atoms with Crippen molar-refractivity contribution in [2.75, 3.05) is 6.61 Å². The Morgan fingerprint density at radius 1 is 1.00 bits per heavy atom. The van der Waals surface area contributed by atoms with Crippen LogP contribution in [-0.4, -0.2) is 81.5 Å². The molecule has 5 atom stereocenters. The number of carbonyl (C=O) groups excluding carboxylic acids is 2. The molecule has 1 heterocycles. The van der Waals surface area contributed by atoms with Gasteiger partial charge in [-0.3, -0.25) is 10.2 Å². The number of ketones is 1. The molecule has 1 aliphatic heterocycles. The Bertz CT molecular complexity index is 1180. The number of benzene rings is 2. The van der Waals surface area contributed by atoms with Gasteiger partial charge in [0.2, 0.25) is 16.9 Å². The van der Waals surface area contributed by atoms with Crippen molar-refractivity contribution in [3.05, 3.63) is 60.7 Å². The fraction of sp³-hybridized carbons (Fsp3) is 0.483. The molecule has 42 heavy (non-hydrogen) atoms. The Kier molecular flexibility index (Phi) is 12.0. The summed E-state index contributed by atoms with van der Waals surface area (Å²) in [5.41, 5.74) is -4.42. The summed E-state index contributed by atoms with van der Waals surface area (Å²) in [6, 6.07) is 18.0. The van der Waals surface area contributed by atoms with Gasteiger partial charge in [0.25, 0.3) is 3.79 Å². The van der Waals surface area contributed by atoms with Gasteiger partial charge >= 0.3 is 5.97 Å². The third-order valence-corrected chi connectivity index (χ3v) is 11.4. The van der Waals surface area contributed by atoms with E-state index in [1.54, 1.807) is 36.4 Å². The first-order valence-corrected chi connectivity index (χ1v) is 16.5. The smallest absolute Gasteiger partial charge is 0.307 e. The summed E-state index contributed by atoms with van der Waals surface area (Å²) < 4.78 is 16.5. The molecule has 0 saturated carbocycles. The molecule has 230 valence electrons. The predicted molar refractivity (Wildman–Crippen MR) is 163 cm³/mol. The number of aliphatic hydroxyl groups excluding tert-OH is 3. The molecule has 0 bridgehead atoms. The van der Waals surface area contributed by atoms with Gasteiger partial charge in [-0.15, -0.1) is 0 Å². The maximum absolute atomic E-state index is 13.4. The van der Waals surface area contributed by atoms with Crippen molar-refractivity contribution >= 4 is 71.6 Å². The molecule has 0 aromatic heterocycles. The second-order valence-electron chi connectivity index (χ2n) is 10.3. The highest BCUT2D eigenvalue weighted by atomic mass is 35.6. The number of Topliss-reactive ketones (excluding diaryl/α,β-unsaturated/α-hetero) is 1. The summed E-state index contributed by atoms with van der Waals surface area (Å²) >= 11 is 18.4. The molecule has 0 spiro atoms. The van der Waals surface area contributed by atoms with E-state index in [1.165, 1.54) is 6.92 Å². The lowest BCUT2D eigenvalue weighted by molar-refractivity contribution is -0.352. The molecular weight excluding hydrogens is 625 g/mol. The number of hydrogen-bond acceptors (Lipinski definition) is 9. The Balaban J connectivity index is 2.45. The van der Waals surface area contributed by atoms with Crippen LogP contribution in [-0.2, 0) is 23.8 Å². The zero-order valence-electron chi connectivity index (χ0n) is 23.3. The van der Waals surface area contributed by atoms with Crippen LogP contribution in [0.4, 0.5) is 0 Å². The molecule has 1 saturated heterocycles. The van der Waals surface area contributed by atoms with E-state index in [0.29, 0.717) is 23.2 Å². The predicted octanol–water partition coefficient (Wildman–Crippen LogP) is 2.58. The fourth-order valence-corrected chi connectivity index (χ4v) is 9.32. The lowest BCUT2D eigenvalue weighted by atomic mass is 9.81.